The average molecular weight is 351 g/mol. The molecular weight excluding hydrogens is 326 g/mol. The monoisotopic (exact) mass is 351 g/mol. The molecule has 26 heavy (non-hydrogen) atoms. The highest BCUT2D eigenvalue weighted by Crippen LogP contribution is 2.41. The third-order valence-electron chi connectivity index (χ3n) is 6.00. The minimum Gasteiger partial charge on any atom is -0.457 e. The molecule has 2 bridgehead atoms. The number of benzene rings is 2. The Balaban J connectivity index is 1.48. The molecule has 0 spiro atoms. The number of aliphatic hydroxyl groups is 1. The van der Waals surface area contributed by atoms with Gasteiger partial charge in [0.1, 0.15) is 6.10 Å². The highest BCUT2D eigenvalue weighted by Gasteiger charge is 2.51. The van der Waals surface area contributed by atoms with Crippen LogP contribution in [0.15, 0.2) is 60.7 Å². The van der Waals surface area contributed by atoms with E-state index < -0.39 is 0 Å². The first-order valence-corrected chi connectivity index (χ1v) is 9.33. The van der Waals surface area contributed by atoms with Gasteiger partial charge in [-0.15, -0.1) is 0 Å². The van der Waals surface area contributed by atoms with Crippen molar-refractivity contribution in [1.82, 2.24) is 4.90 Å². The molecule has 2 aliphatic heterocycles. The smallest absolute Gasteiger partial charge is 0.338 e. The molecule has 4 nitrogen and oxygen atoms in total. The standard InChI is InChI=1S/C22H25NO3/c1-23-18-14-21(26-22(25)16-10-6-3-7-11-16)19(23)13-20(24)17(18)12-15-8-4-2-5-9-15/h2-11,17-21,24H,12-14H2,1H3/t17-,18+,19+,20+,21-/m1/s1. The Morgan fingerprint density at radius 1 is 1.04 bits per heavy atom. The fourth-order valence-corrected chi connectivity index (χ4v) is 4.61. The lowest BCUT2D eigenvalue weighted by Gasteiger charge is -2.41. The van der Waals surface area contributed by atoms with E-state index in [2.05, 4.69) is 24.1 Å². The largest absolute Gasteiger partial charge is 0.457 e. The second-order valence-electron chi connectivity index (χ2n) is 7.50. The molecular formula is C22H25NO3. The molecule has 2 aromatic rings. The van der Waals surface area contributed by atoms with Gasteiger partial charge in [-0.1, -0.05) is 48.5 Å². The first-order valence-electron chi connectivity index (χ1n) is 9.33. The molecule has 1 N–H and O–H groups in total. The molecule has 0 saturated carbocycles. The van der Waals surface area contributed by atoms with Gasteiger partial charge in [0, 0.05) is 24.4 Å². The van der Waals surface area contributed by atoms with Crippen LogP contribution >= 0.6 is 0 Å². The highest BCUT2D eigenvalue weighted by atomic mass is 16.5. The van der Waals surface area contributed by atoms with Crippen LogP contribution in [0.2, 0.25) is 0 Å². The van der Waals surface area contributed by atoms with Crippen molar-refractivity contribution in [1.29, 1.82) is 0 Å². The van der Waals surface area contributed by atoms with Gasteiger partial charge in [0.2, 0.25) is 0 Å². The first kappa shape index (κ1) is 17.3. The zero-order chi connectivity index (χ0) is 18.1. The summed E-state index contributed by atoms with van der Waals surface area (Å²) in [6.45, 7) is 0. The second-order valence-corrected chi connectivity index (χ2v) is 7.50. The molecule has 2 saturated heterocycles. The number of piperidine rings is 1. The number of ether oxygens (including phenoxy) is 1. The Morgan fingerprint density at radius 3 is 2.38 bits per heavy atom. The summed E-state index contributed by atoms with van der Waals surface area (Å²) in [4.78, 5) is 14.8. The van der Waals surface area contributed by atoms with Gasteiger partial charge in [-0.05, 0) is 37.6 Å². The van der Waals surface area contributed by atoms with Crippen LogP contribution in [0, 0.1) is 5.92 Å². The molecule has 0 aliphatic carbocycles. The predicted octanol–water partition coefficient (Wildman–Crippen LogP) is 2.91. The average Bonchev–Trinajstić information content (AvgIpc) is 2.88. The van der Waals surface area contributed by atoms with E-state index in [0.717, 1.165) is 12.8 Å². The molecule has 0 radical (unpaired) electrons. The zero-order valence-corrected chi connectivity index (χ0v) is 15.0. The van der Waals surface area contributed by atoms with Gasteiger partial charge in [-0.2, -0.15) is 0 Å². The van der Waals surface area contributed by atoms with E-state index in [4.69, 9.17) is 4.74 Å². The van der Waals surface area contributed by atoms with Crippen LogP contribution in [0.4, 0.5) is 0 Å². The van der Waals surface area contributed by atoms with Crippen LogP contribution in [0.3, 0.4) is 0 Å². The minimum absolute atomic E-state index is 0.0923. The lowest BCUT2D eigenvalue weighted by Crippen LogP contribution is -2.51. The van der Waals surface area contributed by atoms with Gasteiger partial charge in [0.25, 0.3) is 0 Å². The van der Waals surface area contributed by atoms with Crippen LogP contribution in [0.5, 0.6) is 0 Å². The van der Waals surface area contributed by atoms with Crippen LogP contribution < -0.4 is 0 Å². The number of fused-ring (bicyclic) bond motifs is 2. The summed E-state index contributed by atoms with van der Waals surface area (Å²) in [5, 5.41) is 10.7. The van der Waals surface area contributed by atoms with Crippen LogP contribution in [0.1, 0.15) is 28.8 Å². The van der Waals surface area contributed by atoms with Crippen LogP contribution in [-0.4, -0.2) is 47.3 Å². The van der Waals surface area contributed by atoms with Gasteiger partial charge in [0.05, 0.1) is 11.7 Å². The van der Waals surface area contributed by atoms with Gasteiger partial charge >= 0.3 is 5.97 Å². The molecule has 0 amide bonds. The van der Waals surface area contributed by atoms with E-state index in [1.165, 1.54) is 5.56 Å². The van der Waals surface area contributed by atoms with Crippen molar-refractivity contribution in [3.8, 4) is 0 Å². The number of rotatable bonds is 4. The normalized spacial score (nSPS) is 30.9. The van der Waals surface area contributed by atoms with Crippen LogP contribution in [-0.2, 0) is 11.2 Å². The Hall–Kier alpha value is -2.17. The first-order chi connectivity index (χ1) is 12.6. The maximum Gasteiger partial charge on any atom is 0.338 e. The maximum atomic E-state index is 12.4. The van der Waals surface area contributed by atoms with E-state index in [0.29, 0.717) is 12.0 Å². The zero-order valence-electron chi connectivity index (χ0n) is 15.0. The van der Waals surface area contributed by atoms with Gasteiger partial charge in [-0.3, -0.25) is 4.90 Å². The van der Waals surface area contributed by atoms with E-state index in [9.17, 15) is 9.90 Å². The number of hydrogen-bond donors (Lipinski definition) is 1. The number of nitrogens with zero attached hydrogens (tertiary/aromatic N) is 1. The molecule has 2 aliphatic rings. The van der Waals surface area contributed by atoms with E-state index in [-0.39, 0.29) is 36.2 Å². The third-order valence-corrected chi connectivity index (χ3v) is 6.00. The summed E-state index contributed by atoms with van der Waals surface area (Å²) in [5.41, 5.74) is 1.83. The number of carbonyl (C=O) groups excluding carboxylic acids is 1. The Kier molecular flexibility index (Phi) is 4.79. The van der Waals surface area contributed by atoms with Crippen molar-refractivity contribution in [2.45, 2.75) is 43.6 Å². The van der Waals surface area contributed by atoms with Crippen LogP contribution in [0.25, 0.3) is 0 Å². The number of carbonyl (C=O) groups is 1. The quantitative estimate of drug-likeness (QED) is 0.861. The highest BCUT2D eigenvalue weighted by molar-refractivity contribution is 5.89. The van der Waals surface area contributed by atoms with Crippen molar-refractivity contribution in [3.63, 3.8) is 0 Å². The van der Waals surface area contributed by atoms with E-state index in [1.54, 1.807) is 12.1 Å². The van der Waals surface area contributed by atoms with Crippen molar-refractivity contribution in [2.75, 3.05) is 7.05 Å². The molecule has 4 rings (SSSR count). The molecule has 2 fully saturated rings. The summed E-state index contributed by atoms with van der Waals surface area (Å²) in [6, 6.07) is 19.8. The molecule has 2 heterocycles. The topological polar surface area (TPSA) is 49.8 Å². The number of likely N-dealkylation sites (N-methyl/N-ethyl adjacent to an activating group) is 1. The van der Waals surface area contributed by atoms with Gasteiger partial charge < -0.3 is 9.84 Å². The Labute approximate surface area is 154 Å². The number of esters is 1. The minimum atomic E-state index is -0.359. The summed E-state index contributed by atoms with van der Waals surface area (Å²) in [5.74, 6) is -0.107. The number of aliphatic hydroxyl groups excluding tert-OH is 1. The lowest BCUT2D eigenvalue weighted by molar-refractivity contribution is -0.0236. The molecule has 4 heteroatoms. The van der Waals surface area contributed by atoms with E-state index >= 15 is 0 Å². The molecule has 0 unspecified atom stereocenters. The fraction of sp³-hybridized carbons (Fsp3) is 0.409. The molecule has 136 valence electrons. The predicted molar refractivity (Wildman–Crippen MR) is 99.9 cm³/mol. The molecule has 2 aromatic carbocycles. The van der Waals surface area contributed by atoms with Crippen molar-refractivity contribution in [2.24, 2.45) is 5.92 Å². The Morgan fingerprint density at radius 2 is 1.69 bits per heavy atom. The van der Waals surface area contributed by atoms with Crippen molar-refractivity contribution in [3.05, 3.63) is 71.8 Å². The SMILES string of the molecule is CN1[C@H]2C[C@@H](OC(=O)c3ccccc3)[C@@H]1C[C@H](O)[C@@H]2Cc1ccccc1. The summed E-state index contributed by atoms with van der Waals surface area (Å²) in [7, 11) is 2.09. The van der Waals surface area contributed by atoms with Gasteiger partial charge in [0.15, 0.2) is 0 Å². The van der Waals surface area contributed by atoms with E-state index in [1.807, 2.05) is 36.4 Å². The fourth-order valence-electron chi connectivity index (χ4n) is 4.61. The summed E-state index contributed by atoms with van der Waals surface area (Å²) in [6.07, 6.45) is 1.77. The Bertz CT molecular complexity index is 748. The van der Waals surface area contributed by atoms with Crippen molar-refractivity contribution < 1.29 is 14.6 Å². The third kappa shape index (κ3) is 3.27. The lowest BCUT2D eigenvalue weighted by atomic mass is 9.83. The maximum absolute atomic E-state index is 12.4. The molecule has 0 aromatic heterocycles. The van der Waals surface area contributed by atoms with Crippen molar-refractivity contribution >= 4 is 5.97 Å². The summed E-state index contributed by atoms with van der Waals surface area (Å²) < 4.78 is 5.84. The molecule has 5 atom stereocenters. The summed E-state index contributed by atoms with van der Waals surface area (Å²) >= 11 is 0. The second kappa shape index (κ2) is 7.22. The number of hydrogen-bond acceptors (Lipinski definition) is 4. The van der Waals surface area contributed by atoms with Gasteiger partial charge in [-0.25, -0.2) is 4.79 Å².